The molecule has 94 valence electrons. The van der Waals surface area contributed by atoms with E-state index in [1.54, 1.807) is 0 Å². The lowest BCUT2D eigenvalue weighted by Crippen LogP contribution is -2.20. The SMILES string of the molecule is CC(C)c1cnc2c(O)c([N+](=O)O)ccn2c1=O. The first-order chi connectivity index (χ1) is 8.43. The van der Waals surface area contributed by atoms with Crippen LogP contribution in [0.3, 0.4) is 0 Å². The van der Waals surface area contributed by atoms with Crippen LogP contribution in [0.1, 0.15) is 25.3 Å². The number of fused-ring (bicyclic) bond motifs is 1. The Kier molecular flexibility index (Phi) is 2.74. The molecule has 0 saturated heterocycles. The summed E-state index contributed by atoms with van der Waals surface area (Å²) in [5.74, 6) is -0.542. The molecule has 0 bridgehead atoms. The third kappa shape index (κ3) is 1.69. The zero-order valence-corrected chi connectivity index (χ0v) is 9.86. The Morgan fingerprint density at radius 2 is 2.11 bits per heavy atom. The van der Waals surface area contributed by atoms with Crippen LogP contribution in [0, 0.1) is 4.91 Å². The molecular formula is C11H12N3O4+. The standard InChI is InChI=1S/C11H11N3O4/c1-6(2)7-5-12-10-9(15)8(14(17)18)3-4-13(10)11(7)16/h3-6H,1-2H3,(H-,15,17,18)/p+1. The van der Waals surface area contributed by atoms with E-state index in [4.69, 9.17) is 5.21 Å². The van der Waals surface area contributed by atoms with Gasteiger partial charge in [-0.05, 0) is 5.92 Å². The molecule has 2 aromatic heterocycles. The minimum absolute atomic E-state index is 0.00225. The fraction of sp³-hybridized carbons (Fsp3) is 0.273. The molecule has 0 amide bonds. The minimum Gasteiger partial charge on any atom is -0.499 e. The summed E-state index contributed by atoms with van der Waals surface area (Å²) in [6, 6.07) is 1.14. The Morgan fingerprint density at radius 1 is 1.44 bits per heavy atom. The molecule has 2 aromatic rings. The molecule has 18 heavy (non-hydrogen) atoms. The Morgan fingerprint density at radius 3 is 2.67 bits per heavy atom. The van der Waals surface area contributed by atoms with Crippen molar-refractivity contribution >= 4 is 11.3 Å². The summed E-state index contributed by atoms with van der Waals surface area (Å²) in [5.41, 5.74) is -0.245. The summed E-state index contributed by atoms with van der Waals surface area (Å²) < 4.78 is 1.14. The first kappa shape index (κ1) is 12.0. The third-order valence-corrected chi connectivity index (χ3v) is 2.68. The van der Waals surface area contributed by atoms with Gasteiger partial charge in [0.25, 0.3) is 10.5 Å². The average molecular weight is 250 g/mol. The average Bonchev–Trinajstić information content (AvgIpc) is 2.29. The third-order valence-electron chi connectivity index (χ3n) is 2.68. The number of aromatic hydroxyl groups is 1. The van der Waals surface area contributed by atoms with E-state index >= 15 is 0 Å². The van der Waals surface area contributed by atoms with Crippen LogP contribution in [0.25, 0.3) is 5.65 Å². The van der Waals surface area contributed by atoms with Gasteiger partial charge in [-0.25, -0.2) is 10.2 Å². The number of pyridine rings is 1. The van der Waals surface area contributed by atoms with Crippen LogP contribution in [-0.4, -0.2) is 24.6 Å². The van der Waals surface area contributed by atoms with Crippen LogP contribution in [0.2, 0.25) is 0 Å². The fourth-order valence-electron chi connectivity index (χ4n) is 1.69. The van der Waals surface area contributed by atoms with E-state index in [2.05, 4.69) is 4.98 Å². The van der Waals surface area contributed by atoms with Crippen molar-refractivity contribution in [3.8, 4) is 5.75 Å². The summed E-state index contributed by atoms with van der Waals surface area (Å²) in [6.07, 6.45) is 2.64. The predicted molar refractivity (Wildman–Crippen MR) is 62.3 cm³/mol. The molecule has 0 radical (unpaired) electrons. The zero-order chi connectivity index (χ0) is 13.4. The Labute approximate surface area is 101 Å². The molecule has 0 saturated carbocycles. The number of aromatic nitrogens is 2. The second-order valence-corrected chi connectivity index (χ2v) is 4.19. The highest BCUT2D eigenvalue weighted by Crippen LogP contribution is 2.27. The molecule has 0 aromatic carbocycles. The largest absolute Gasteiger partial charge is 0.499 e. The second-order valence-electron chi connectivity index (χ2n) is 4.19. The van der Waals surface area contributed by atoms with Gasteiger partial charge < -0.3 is 5.11 Å². The maximum absolute atomic E-state index is 12.1. The van der Waals surface area contributed by atoms with Crippen molar-refractivity contribution in [2.45, 2.75) is 19.8 Å². The van der Waals surface area contributed by atoms with Gasteiger partial charge in [0.05, 0.1) is 4.91 Å². The molecule has 2 heterocycles. The lowest BCUT2D eigenvalue weighted by Gasteiger charge is -2.06. The highest BCUT2D eigenvalue weighted by Gasteiger charge is 2.23. The van der Waals surface area contributed by atoms with Gasteiger partial charge >= 0.3 is 5.69 Å². The van der Waals surface area contributed by atoms with Gasteiger partial charge in [-0.1, -0.05) is 13.8 Å². The quantitative estimate of drug-likeness (QED) is 0.784. The van der Waals surface area contributed by atoms with Crippen LogP contribution in [0.5, 0.6) is 5.75 Å². The second kappa shape index (κ2) is 4.10. The van der Waals surface area contributed by atoms with Crippen molar-refractivity contribution in [2.75, 3.05) is 0 Å². The van der Waals surface area contributed by atoms with Gasteiger partial charge in [0.2, 0.25) is 5.75 Å². The molecule has 0 atom stereocenters. The monoisotopic (exact) mass is 250 g/mol. The molecule has 7 heteroatoms. The molecular weight excluding hydrogens is 238 g/mol. The molecule has 2 N–H and O–H groups in total. The summed E-state index contributed by atoms with van der Waals surface area (Å²) in [4.78, 5) is 26.3. The summed E-state index contributed by atoms with van der Waals surface area (Å²) >= 11 is 0. The van der Waals surface area contributed by atoms with Gasteiger partial charge in [-0.2, -0.15) is 0 Å². The van der Waals surface area contributed by atoms with Gasteiger partial charge in [-0.15, -0.1) is 0 Å². The van der Waals surface area contributed by atoms with Gasteiger partial charge in [-0.3, -0.25) is 9.20 Å². The molecule has 0 aliphatic rings. The minimum atomic E-state index is -0.539. The van der Waals surface area contributed by atoms with E-state index in [1.165, 1.54) is 12.4 Å². The van der Waals surface area contributed by atoms with E-state index < -0.39 is 10.7 Å². The van der Waals surface area contributed by atoms with Crippen molar-refractivity contribution < 1.29 is 15.2 Å². The fourth-order valence-corrected chi connectivity index (χ4v) is 1.69. The van der Waals surface area contributed by atoms with Crippen LogP contribution in [0.4, 0.5) is 5.69 Å². The van der Waals surface area contributed by atoms with Crippen molar-refractivity contribution in [3.05, 3.63) is 39.3 Å². The van der Waals surface area contributed by atoms with E-state index in [0.717, 1.165) is 10.5 Å². The van der Waals surface area contributed by atoms with E-state index in [0.29, 0.717) is 5.56 Å². The van der Waals surface area contributed by atoms with Gasteiger partial charge in [0.15, 0.2) is 5.65 Å². The molecule has 2 rings (SSSR count). The Hall–Kier alpha value is -2.44. The van der Waals surface area contributed by atoms with Crippen LogP contribution < -0.4 is 5.56 Å². The van der Waals surface area contributed by atoms with Gasteiger partial charge in [0, 0.05) is 24.0 Å². The summed E-state index contributed by atoms with van der Waals surface area (Å²) in [5, 5.41) is 18.5. The van der Waals surface area contributed by atoms with Crippen molar-refractivity contribution in [1.82, 2.24) is 9.38 Å². The Balaban J connectivity index is 2.84. The first-order valence-electron chi connectivity index (χ1n) is 5.33. The van der Waals surface area contributed by atoms with E-state index in [1.807, 2.05) is 13.8 Å². The number of hydrogen-bond donors (Lipinski definition) is 2. The normalized spacial score (nSPS) is 11.1. The smallest absolute Gasteiger partial charge is 0.363 e. The topological polar surface area (TPSA) is 94.9 Å². The number of rotatable bonds is 2. The van der Waals surface area contributed by atoms with Crippen molar-refractivity contribution in [3.63, 3.8) is 0 Å². The highest BCUT2D eigenvalue weighted by atomic mass is 16.6. The summed E-state index contributed by atoms with van der Waals surface area (Å²) in [7, 11) is 0. The maximum Gasteiger partial charge on any atom is 0.363 e. The van der Waals surface area contributed by atoms with E-state index in [-0.39, 0.29) is 22.8 Å². The van der Waals surface area contributed by atoms with E-state index in [9.17, 15) is 14.8 Å². The molecule has 0 unspecified atom stereocenters. The lowest BCUT2D eigenvalue weighted by atomic mass is 10.1. The highest BCUT2D eigenvalue weighted by molar-refractivity contribution is 5.63. The zero-order valence-electron chi connectivity index (χ0n) is 9.86. The number of hydrogen-bond acceptors (Lipinski definition) is 4. The predicted octanol–water partition coefficient (Wildman–Crippen LogP) is 1.32. The lowest BCUT2D eigenvalue weighted by molar-refractivity contribution is -0.730. The van der Waals surface area contributed by atoms with Crippen LogP contribution >= 0.6 is 0 Å². The first-order valence-corrected chi connectivity index (χ1v) is 5.33. The molecule has 0 spiro atoms. The molecule has 0 aliphatic heterocycles. The van der Waals surface area contributed by atoms with Gasteiger partial charge in [0.1, 0.15) is 0 Å². The molecule has 7 nitrogen and oxygen atoms in total. The van der Waals surface area contributed by atoms with Crippen LogP contribution in [-0.2, 0) is 0 Å². The maximum atomic E-state index is 12.1. The van der Waals surface area contributed by atoms with Crippen LogP contribution in [0.15, 0.2) is 23.3 Å². The van der Waals surface area contributed by atoms with Crippen molar-refractivity contribution in [2.24, 2.45) is 0 Å². The number of nitrogens with zero attached hydrogens (tertiary/aromatic N) is 3. The Bertz CT molecular complexity index is 690. The summed E-state index contributed by atoms with van der Waals surface area (Å²) in [6.45, 7) is 3.71. The van der Waals surface area contributed by atoms with Crippen molar-refractivity contribution in [1.29, 1.82) is 0 Å². The molecule has 0 aliphatic carbocycles. The molecule has 0 fully saturated rings.